The minimum Gasteiger partial charge on any atom is -0.351 e. The highest BCUT2D eigenvalue weighted by atomic mass is 32.1. The Labute approximate surface area is 121 Å². The smallest absolute Gasteiger partial charge is 0.257 e. The Morgan fingerprint density at radius 2 is 2.10 bits per heavy atom. The van der Waals surface area contributed by atoms with E-state index in [0.29, 0.717) is 10.7 Å². The average Bonchev–Trinajstić information content (AvgIpc) is 2.93. The zero-order valence-electron chi connectivity index (χ0n) is 11.6. The monoisotopic (exact) mass is 285 g/mol. The quantitative estimate of drug-likeness (QED) is 0.783. The number of anilines is 1. The Balaban J connectivity index is 1.88. The van der Waals surface area contributed by atoms with Gasteiger partial charge in [0.2, 0.25) is 0 Å². The number of nitrogens with one attached hydrogen (secondary N) is 1. The molecule has 0 aliphatic carbocycles. The lowest BCUT2D eigenvalue weighted by atomic mass is 10.1. The molecule has 3 aromatic rings. The summed E-state index contributed by atoms with van der Waals surface area (Å²) < 4.78 is 2.03. The molecule has 0 unspecified atom stereocenters. The minimum atomic E-state index is -0.121. The highest BCUT2D eigenvalue weighted by Crippen LogP contribution is 2.22. The second-order valence-corrected chi connectivity index (χ2v) is 6.02. The molecule has 5 heteroatoms. The van der Waals surface area contributed by atoms with Gasteiger partial charge in [-0.25, -0.2) is 4.98 Å². The third kappa shape index (κ3) is 2.20. The van der Waals surface area contributed by atoms with E-state index in [1.807, 2.05) is 55.9 Å². The van der Waals surface area contributed by atoms with Crippen LogP contribution in [0.25, 0.3) is 10.9 Å². The van der Waals surface area contributed by atoms with Crippen molar-refractivity contribution in [2.24, 2.45) is 7.05 Å². The summed E-state index contributed by atoms with van der Waals surface area (Å²) in [5, 5.41) is 4.57. The number of rotatable bonds is 2. The molecule has 0 spiro atoms. The summed E-state index contributed by atoms with van der Waals surface area (Å²) in [6.45, 7) is 3.94. The molecule has 0 fully saturated rings. The van der Waals surface area contributed by atoms with Crippen molar-refractivity contribution in [2.75, 3.05) is 5.32 Å². The van der Waals surface area contributed by atoms with Gasteiger partial charge in [-0.05, 0) is 38.1 Å². The lowest BCUT2D eigenvalue weighted by Gasteiger charge is -2.03. The predicted octanol–water partition coefficient (Wildman–Crippen LogP) is 3.50. The fourth-order valence-electron chi connectivity index (χ4n) is 2.12. The number of thiazole rings is 1. The summed E-state index contributed by atoms with van der Waals surface area (Å²) in [6.07, 6.45) is 1.99. The number of amides is 1. The molecule has 2 heterocycles. The van der Waals surface area contributed by atoms with E-state index in [2.05, 4.69) is 10.3 Å². The molecule has 2 aromatic heterocycles. The van der Waals surface area contributed by atoms with Crippen LogP contribution in [0.5, 0.6) is 0 Å². The van der Waals surface area contributed by atoms with Crippen molar-refractivity contribution in [3.8, 4) is 0 Å². The Bertz CT molecular complexity index is 781. The molecule has 3 rings (SSSR count). The zero-order chi connectivity index (χ0) is 14.3. The number of fused-ring (bicyclic) bond motifs is 1. The summed E-state index contributed by atoms with van der Waals surface area (Å²) in [5.74, 6) is -0.121. The third-order valence-electron chi connectivity index (χ3n) is 3.40. The number of hydrogen-bond acceptors (Lipinski definition) is 3. The molecule has 0 radical (unpaired) electrons. The van der Waals surface area contributed by atoms with Crippen molar-refractivity contribution in [3.63, 3.8) is 0 Å². The van der Waals surface area contributed by atoms with Gasteiger partial charge in [-0.15, -0.1) is 11.3 Å². The summed E-state index contributed by atoms with van der Waals surface area (Å²) in [7, 11) is 1.99. The van der Waals surface area contributed by atoms with Gasteiger partial charge in [0.05, 0.1) is 5.69 Å². The van der Waals surface area contributed by atoms with E-state index in [1.165, 1.54) is 11.3 Å². The van der Waals surface area contributed by atoms with Crippen LogP contribution in [-0.2, 0) is 7.05 Å². The summed E-state index contributed by atoms with van der Waals surface area (Å²) >= 11 is 1.50. The van der Waals surface area contributed by atoms with Crippen molar-refractivity contribution < 1.29 is 4.79 Å². The highest BCUT2D eigenvalue weighted by molar-refractivity contribution is 7.15. The molecule has 0 bridgehead atoms. The van der Waals surface area contributed by atoms with Crippen LogP contribution in [0.2, 0.25) is 0 Å². The van der Waals surface area contributed by atoms with Crippen LogP contribution in [-0.4, -0.2) is 15.5 Å². The Kier molecular flexibility index (Phi) is 3.06. The van der Waals surface area contributed by atoms with Crippen molar-refractivity contribution >= 4 is 33.3 Å². The second-order valence-electron chi connectivity index (χ2n) is 4.81. The molecule has 4 nitrogen and oxygen atoms in total. The lowest BCUT2D eigenvalue weighted by Crippen LogP contribution is -2.11. The fourth-order valence-corrected chi connectivity index (χ4v) is 2.93. The van der Waals surface area contributed by atoms with E-state index in [4.69, 9.17) is 0 Å². The first-order chi connectivity index (χ1) is 9.54. The van der Waals surface area contributed by atoms with E-state index in [9.17, 15) is 4.79 Å². The predicted molar refractivity (Wildman–Crippen MR) is 82.5 cm³/mol. The van der Waals surface area contributed by atoms with Crippen molar-refractivity contribution in [3.05, 3.63) is 46.6 Å². The Morgan fingerprint density at radius 1 is 1.30 bits per heavy atom. The molecule has 0 saturated carbocycles. The SMILES string of the molecule is Cc1nc(NC(=O)c2ccc3c(ccn3C)c2)sc1C. The van der Waals surface area contributed by atoms with Gasteiger partial charge in [-0.2, -0.15) is 0 Å². The van der Waals surface area contributed by atoms with Gasteiger partial charge >= 0.3 is 0 Å². The van der Waals surface area contributed by atoms with Gasteiger partial charge in [-0.3, -0.25) is 10.1 Å². The topological polar surface area (TPSA) is 46.9 Å². The average molecular weight is 285 g/mol. The van der Waals surface area contributed by atoms with E-state index in [0.717, 1.165) is 21.5 Å². The van der Waals surface area contributed by atoms with Gasteiger partial charge in [-0.1, -0.05) is 0 Å². The van der Waals surface area contributed by atoms with Crippen LogP contribution in [0.1, 0.15) is 20.9 Å². The van der Waals surface area contributed by atoms with Gasteiger partial charge < -0.3 is 4.57 Å². The maximum atomic E-state index is 12.2. The summed E-state index contributed by atoms with van der Waals surface area (Å²) in [4.78, 5) is 17.7. The minimum absolute atomic E-state index is 0.121. The van der Waals surface area contributed by atoms with E-state index in [1.54, 1.807) is 0 Å². The molecule has 102 valence electrons. The molecule has 0 atom stereocenters. The Morgan fingerprint density at radius 3 is 2.80 bits per heavy atom. The first kappa shape index (κ1) is 12.9. The normalized spacial score (nSPS) is 10.9. The number of aryl methyl sites for hydroxylation is 3. The summed E-state index contributed by atoms with van der Waals surface area (Å²) in [5.41, 5.74) is 2.72. The maximum Gasteiger partial charge on any atom is 0.257 e. The van der Waals surface area contributed by atoms with Crippen LogP contribution in [0, 0.1) is 13.8 Å². The number of benzene rings is 1. The molecule has 1 aromatic carbocycles. The molecule has 1 N–H and O–H groups in total. The van der Waals surface area contributed by atoms with Gasteiger partial charge in [0.25, 0.3) is 5.91 Å². The Hall–Kier alpha value is -2.14. The molecule has 0 saturated heterocycles. The molecule has 0 aliphatic rings. The van der Waals surface area contributed by atoms with E-state index in [-0.39, 0.29) is 5.91 Å². The van der Waals surface area contributed by atoms with Crippen LogP contribution in [0.15, 0.2) is 30.5 Å². The van der Waals surface area contributed by atoms with E-state index >= 15 is 0 Å². The number of aromatic nitrogens is 2. The number of carbonyl (C=O) groups is 1. The molecular formula is C15H15N3OS. The number of nitrogens with zero attached hydrogens (tertiary/aromatic N) is 2. The van der Waals surface area contributed by atoms with Crippen LogP contribution >= 0.6 is 11.3 Å². The maximum absolute atomic E-state index is 12.2. The third-order valence-corrected chi connectivity index (χ3v) is 4.38. The van der Waals surface area contributed by atoms with Crippen molar-refractivity contribution in [2.45, 2.75) is 13.8 Å². The number of carbonyl (C=O) groups excluding carboxylic acids is 1. The standard InChI is InChI=1S/C15H15N3OS/c1-9-10(2)20-15(16-9)17-14(19)12-4-5-13-11(8-12)6-7-18(13)3/h4-8H,1-3H3,(H,16,17,19). The zero-order valence-corrected chi connectivity index (χ0v) is 12.4. The molecule has 1 amide bonds. The summed E-state index contributed by atoms with van der Waals surface area (Å²) in [6, 6.07) is 7.70. The molecular weight excluding hydrogens is 270 g/mol. The van der Waals surface area contributed by atoms with E-state index < -0.39 is 0 Å². The van der Waals surface area contributed by atoms with Crippen LogP contribution < -0.4 is 5.32 Å². The van der Waals surface area contributed by atoms with Gasteiger partial charge in [0, 0.05) is 34.6 Å². The van der Waals surface area contributed by atoms with Crippen LogP contribution in [0.3, 0.4) is 0 Å². The van der Waals surface area contributed by atoms with Crippen molar-refractivity contribution in [1.82, 2.24) is 9.55 Å². The first-order valence-corrected chi connectivity index (χ1v) is 7.17. The van der Waals surface area contributed by atoms with Gasteiger partial charge in [0.15, 0.2) is 5.13 Å². The largest absolute Gasteiger partial charge is 0.351 e. The number of hydrogen-bond donors (Lipinski definition) is 1. The molecule has 0 aliphatic heterocycles. The van der Waals surface area contributed by atoms with Crippen molar-refractivity contribution in [1.29, 1.82) is 0 Å². The first-order valence-electron chi connectivity index (χ1n) is 6.35. The molecule has 20 heavy (non-hydrogen) atoms. The lowest BCUT2D eigenvalue weighted by molar-refractivity contribution is 0.102. The second kappa shape index (κ2) is 4.76. The van der Waals surface area contributed by atoms with Crippen LogP contribution in [0.4, 0.5) is 5.13 Å². The fraction of sp³-hybridized carbons (Fsp3) is 0.200. The van der Waals surface area contributed by atoms with Gasteiger partial charge in [0.1, 0.15) is 0 Å². The highest BCUT2D eigenvalue weighted by Gasteiger charge is 2.11.